The Morgan fingerprint density at radius 3 is 1.49 bits per heavy atom. The molecule has 0 aromatic heterocycles. The Labute approximate surface area is 208 Å². The first-order chi connectivity index (χ1) is 16.5. The highest BCUT2D eigenvalue weighted by molar-refractivity contribution is 5.86. The van der Waals surface area contributed by atoms with Crippen molar-refractivity contribution in [2.24, 2.45) is 0 Å². The van der Waals surface area contributed by atoms with Gasteiger partial charge in [0.2, 0.25) is 0 Å². The molecule has 0 aliphatic carbocycles. The number of carbonyl (C=O) groups excluding carboxylic acids is 4. The Balaban J connectivity index is 0. The fourth-order valence-corrected chi connectivity index (χ4v) is 1.98. The molecule has 0 saturated carbocycles. The third-order valence-corrected chi connectivity index (χ3v) is 3.64. The second-order valence-electron chi connectivity index (χ2n) is 7.78. The van der Waals surface area contributed by atoms with E-state index in [0.717, 1.165) is 6.08 Å². The lowest BCUT2D eigenvalue weighted by Crippen LogP contribution is -2.14. The van der Waals surface area contributed by atoms with Crippen molar-refractivity contribution in [3.05, 3.63) is 24.8 Å². The number of ether oxygens (including phenoxy) is 6. The van der Waals surface area contributed by atoms with E-state index in [1.807, 2.05) is 27.7 Å². The van der Waals surface area contributed by atoms with Gasteiger partial charge in [-0.15, -0.1) is 0 Å². The zero-order valence-corrected chi connectivity index (χ0v) is 21.8. The van der Waals surface area contributed by atoms with Crippen LogP contribution >= 0.6 is 0 Å². The molecule has 0 aliphatic rings. The van der Waals surface area contributed by atoms with Gasteiger partial charge in [0.25, 0.3) is 0 Å². The first-order valence-corrected chi connectivity index (χ1v) is 11.7. The summed E-state index contributed by atoms with van der Waals surface area (Å²) in [6.45, 7) is 17.6. The van der Waals surface area contributed by atoms with Gasteiger partial charge in [-0.2, -0.15) is 0 Å². The van der Waals surface area contributed by atoms with Gasteiger partial charge < -0.3 is 28.4 Å². The maximum absolute atomic E-state index is 11.2. The number of hydrogen-bond donors (Lipinski definition) is 0. The van der Waals surface area contributed by atoms with Crippen molar-refractivity contribution < 1.29 is 47.6 Å². The molecule has 10 nitrogen and oxygen atoms in total. The van der Waals surface area contributed by atoms with Gasteiger partial charge >= 0.3 is 23.9 Å². The van der Waals surface area contributed by atoms with Gasteiger partial charge in [-0.3, -0.25) is 9.59 Å². The van der Waals surface area contributed by atoms with Crippen molar-refractivity contribution in [2.45, 2.75) is 72.5 Å². The predicted octanol–water partition coefficient (Wildman–Crippen LogP) is 3.32. The summed E-state index contributed by atoms with van der Waals surface area (Å²) in [6.07, 6.45) is 2.70. The highest BCUT2D eigenvalue weighted by Crippen LogP contribution is 1.98. The SMILES string of the molecule is C=C(C)C(=O)OCCCC(=O)OCCOC(C)C.C=CC(=O)OCCCC(=O)OCCOC(C)C. The molecule has 0 aromatic carbocycles. The minimum atomic E-state index is -0.483. The van der Waals surface area contributed by atoms with E-state index in [1.54, 1.807) is 6.92 Å². The van der Waals surface area contributed by atoms with Crippen molar-refractivity contribution in [1.82, 2.24) is 0 Å². The molecular formula is C25H42O10. The molecule has 0 amide bonds. The molecule has 0 unspecified atom stereocenters. The summed E-state index contributed by atoms with van der Waals surface area (Å²) in [5.74, 6) is -1.54. The Bertz CT molecular complexity index is 640. The largest absolute Gasteiger partial charge is 0.463 e. The van der Waals surface area contributed by atoms with Crippen LogP contribution in [0, 0.1) is 0 Å². The standard InChI is InChI=1S/C13H22O5.C12H20O5/c1-10(2)13(15)18-7-5-6-12(14)17-9-8-16-11(3)4;1-4-11(13)16-7-5-6-12(14)17-9-8-15-10(2)3/h11H,1,5-9H2,2-4H3;4,10H,1,5-9H2,2-3H3. The van der Waals surface area contributed by atoms with Gasteiger partial charge in [0, 0.05) is 24.5 Å². The first kappa shape index (κ1) is 34.4. The van der Waals surface area contributed by atoms with Gasteiger partial charge in [-0.05, 0) is 47.5 Å². The Kier molecular flexibility index (Phi) is 22.7. The van der Waals surface area contributed by atoms with Crippen LogP contribution in [0.5, 0.6) is 0 Å². The van der Waals surface area contributed by atoms with Gasteiger partial charge in [0.15, 0.2) is 0 Å². The summed E-state index contributed by atoms with van der Waals surface area (Å²) in [5, 5.41) is 0. The van der Waals surface area contributed by atoms with Crippen LogP contribution in [-0.2, 0) is 47.6 Å². The van der Waals surface area contributed by atoms with Crippen LogP contribution in [0.2, 0.25) is 0 Å². The molecule has 0 aliphatic heterocycles. The van der Waals surface area contributed by atoms with Crippen LogP contribution in [0.3, 0.4) is 0 Å². The van der Waals surface area contributed by atoms with E-state index in [9.17, 15) is 19.2 Å². The van der Waals surface area contributed by atoms with E-state index in [-0.39, 0.29) is 63.4 Å². The topological polar surface area (TPSA) is 124 Å². The smallest absolute Gasteiger partial charge is 0.333 e. The van der Waals surface area contributed by atoms with E-state index in [1.165, 1.54) is 0 Å². The van der Waals surface area contributed by atoms with Crippen molar-refractivity contribution in [1.29, 1.82) is 0 Å². The molecule has 0 rings (SSSR count). The van der Waals surface area contributed by atoms with E-state index >= 15 is 0 Å². The number of carbonyl (C=O) groups is 4. The van der Waals surface area contributed by atoms with Crippen LogP contribution in [0.1, 0.15) is 60.3 Å². The predicted molar refractivity (Wildman–Crippen MR) is 129 cm³/mol. The summed E-state index contributed by atoms with van der Waals surface area (Å²) >= 11 is 0. The van der Waals surface area contributed by atoms with Crippen LogP contribution in [0.25, 0.3) is 0 Å². The molecule has 0 atom stereocenters. The summed E-state index contributed by atoms with van der Waals surface area (Å²) in [6, 6.07) is 0. The summed E-state index contributed by atoms with van der Waals surface area (Å²) in [5.41, 5.74) is 0.350. The molecule has 0 aromatic rings. The van der Waals surface area contributed by atoms with E-state index in [2.05, 4.69) is 13.2 Å². The van der Waals surface area contributed by atoms with Crippen molar-refractivity contribution >= 4 is 23.9 Å². The lowest BCUT2D eigenvalue weighted by atomic mass is 10.3. The lowest BCUT2D eigenvalue weighted by Gasteiger charge is -2.08. The van der Waals surface area contributed by atoms with E-state index in [0.29, 0.717) is 31.6 Å². The summed E-state index contributed by atoms with van der Waals surface area (Å²) in [4.78, 5) is 44.1. The van der Waals surface area contributed by atoms with E-state index < -0.39 is 11.9 Å². The number of rotatable bonds is 18. The maximum Gasteiger partial charge on any atom is 0.333 e. The zero-order valence-electron chi connectivity index (χ0n) is 21.8. The van der Waals surface area contributed by atoms with Gasteiger partial charge in [0.1, 0.15) is 13.2 Å². The monoisotopic (exact) mass is 502 g/mol. The average molecular weight is 503 g/mol. The molecular weight excluding hydrogens is 460 g/mol. The summed E-state index contributed by atoms with van der Waals surface area (Å²) in [7, 11) is 0. The number of hydrogen-bond acceptors (Lipinski definition) is 10. The second kappa shape index (κ2) is 23.0. The van der Waals surface area contributed by atoms with Crippen LogP contribution < -0.4 is 0 Å². The molecule has 202 valence electrons. The highest BCUT2D eigenvalue weighted by Gasteiger charge is 2.06. The molecule has 0 fully saturated rings. The normalized spacial score (nSPS) is 10.1. The fourth-order valence-electron chi connectivity index (χ4n) is 1.98. The lowest BCUT2D eigenvalue weighted by molar-refractivity contribution is -0.147. The quantitative estimate of drug-likeness (QED) is 0.119. The maximum atomic E-state index is 11.2. The van der Waals surface area contributed by atoms with Crippen LogP contribution in [0.15, 0.2) is 24.8 Å². The molecule has 0 heterocycles. The molecule has 0 N–H and O–H groups in total. The highest BCUT2D eigenvalue weighted by atomic mass is 16.6. The Hall–Kier alpha value is -2.72. The molecule has 0 saturated heterocycles. The average Bonchev–Trinajstić information content (AvgIpc) is 2.79. The zero-order chi connectivity index (χ0) is 27.1. The Morgan fingerprint density at radius 2 is 1.11 bits per heavy atom. The minimum absolute atomic E-state index is 0.130. The molecule has 35 heavy (non-hydrogen) atoms. The van der Waals surface area contributed by atoms with Crippen molar-refractivity contribution in [3.63, 3.8) is 0 Å². The van der Waals surface area contributed by atoms with E-state index in [4.69, 9.17) is 28.4 Å². The third-order valence-electron chi connectivity index (χ3n) is 3.64. The molecule has 0 bridgehead atoms. The second-order valence-corrected chi connectivity index (χ2v) is 7.78. The third kappa shape index (κ3) is 27.4. The van der Waals surface area contributed by atoms with Gasteiger partial charge in [0.05, 0.1) is 38.6 Å². The number of esters is 4. The molecule has 10 heteroatoms. The fraction of sp³-hybridized carbons (Fsp3) is 0.680. The van der Waals surface area contributed by atoms with Crippen molar-refractivity contribution in [2.75, 3.05) is 39.6 Å². The van der Waals surface area contributed by atoms with Crippen molar-refractivity contribution in [3.8, 4) is 0 Å². The van der Waals surface area contributed by atoms with Gasteiger partial charge in [-0.25, -0.2) is 9.59 Å². The Morgan fingerprint density at radius 1 is 0.686 bits per heavy atom. The minimum Gasteiger partial charge on any atom is -0.463 e. The summed E-state index contributed by atoms with van der Waals surface area (Å²) < 4.78 is 29.8. The van der Waals surface area contributed by atoms with Crippen LogP contribution in [-0.4, -0.2) is 75.7 Å². The van der Waals surface area contributed by atoms with Gasteiger partial charge in [-0.1, -0.05) is 13.2 Å². The first-order valence-electron chi connectivity index (χ1n) is 11.7. The van der Waals surface area contributed by atoms with Crippen LogP contribution in [0.4, 0.5) is 0 Å². The molecule has 0 radical (unpaired) electrons. The molecule has 0 spiro atoms.